The lowest BCUT2D eigenvalue weighted by Gasteiger charge is -2.23. The molecule has 0 aliphatic carbocycles. The van der Waals surface area contributed by atoms with E-state index in [9.17, 15) is 4.79 Å². The lowest BCUT2D eigenvalue weighted by Crippen LogP contribution is -2.33. The quantitative estimate of drug-likeness (QED) is 0.806. The van der Waals surface area contributed by atoms with Crippen molar-refractivity contribution in [1.29, 1.82) is 0 Å². The Balaban J connectivity index is 2.83. The lowest BCUT2D eigenvalue weighted by molar-refractivity contribution is -0.116. The van der Waals surface area contributed by atoms with Crippen LogP contribution in [0.25, 0.3) is 0 Å². The summed E-state index contributed by atoms with van der Waals surface area (Å²) in [7, 11) is 0. The van der Waals surface area contributed by atoms with E-state index in [2.05, 4.69) is 19.2 Å². The standard InChI is InChI=1S/C14H22ClN3O/c1-4-18(9-14(16)19)13-6-5-11(7-12(13)15)8-17-10(2)3/h5-7,10,17H,4,8-9H2,1-3H3,(H2,16,19). The van der Waals surface area contributed by atoms with E-state index in [0.29, 0.717) is 17.6 Å². The molecule has 1 aromatic carbocycles. The highest BCUT2D eigenvalue weighted by atomic mass is 35.5. The number of hydrogen-bond acceptors (Lipinski definition) is 3. The fourth-order valence-corrected chi connectivity index (χ4v) is 2.12. The highest BCUT2D eigenvalue weighted by molar-refractivity contribution is 6.33. The molecule has 0 saturated heterocycles. The number of likely N-dealkylation sites (N-methyl/N-ethyl adjacent to an activating group) is 1. The molecule has 1 rings (SSSR count). The number of nitrogens with one attached hydrogen (secondary N) is 1. The third-order valence-corrected chi connectivity index (χ3v) is 3.10. The second-order valence-electron chi connectivity index (χ2n) is 4.80. The molecule has 106 valence electrons. The fraction of sp³-hybridized carbons (Fsp3) is 0.500. The number of anilines is 1. The number of nitrogens with zero attached hydrogens (tertiary/aromatic N) is 1. The van der Waals surface area contributed by atoms with Gasteiger partial charge in [-0.25, -0.2) is 0 Å². The summed E-state index contributed by atoms with van der Waals surface area (Å²) in [5.41, 5.74) is 7.20. The van der Waals surface area contributed by atoms with Gasteiger partial charge in [0.15, 0.2) is 0 Å². The van der Waals surface area contributed by atoms with Crippen LogP contribution in [0.5, 0.6) is 0 Å². The molecule has 5 heteroatoms. The molecule has 0 aliphatic rings. The lowest BCUT2D eigenvalue weighted by atomic mass is 10.1. The Hall–Kier alpha value is -1.26. The normalized spacial score (nSPS) is 10.8. The van der Waals surface area contributed by atoms with Gasteiger partial charge in [-0.05, 0) is 24.6 Å². The Morgan fingerprint density at radius 3 is 2.63 bits per heavy atom. The van der Waals surface area contributed by atoms with Crippen molar-refractivity contribution in [3.63, 3.8) is 0 Å². The van der Waals surface area contributed by atoms with Crippen molar-refractivity contribution in [2.45, 2.75) is 33.4 Å². The summed E-state index contributed by atoms with van der Waals surface area (Å²) in [4.78, 5) is 12.9. The molecule has 19 heavy (non-hydrogen) atoms. The van der Waals surface area contributed by atoms with Crippen LogP contribution in [0.1, 0.15) is 26.3 Å². The van der Waals surface area contributed by atoms with Gasteiger partial charge in [-0.3, -0.25) is 4.79 Å². The van der Waals surface area contributed by atoms with E-state index >= 15 is 0 Å². The van der Waals surface area contributed by atoms with Crippen molar-refractivity contribution in [3.8, 4) is 0 Å². The van der Waals surface area contributed by atoms with Crippen molar-refractivity contribution < 1.29 is 4.79 Å². The third kappa shape index (κ3) is 5.09. The fourth-order valence-electron chi connectivity index (χ4n) is 1.79. The van der Waals surface area contributed by atoms with Gasteiger partial charge in [0.05, 0.1) is 17.3 Å². The van der Waals surface area contributed by atoms with Gasteiger partial charge >= 0.3 is 0 Å². The number of rotatable bonds is 7. The Morgan fingerprint density at radius 1 is 1.47 bits per heavy atom. The summed E-state index contributed by atoms with van der Waals surface area (Å²) >= 11 is 6.28. The van der Waals surface area contributed by atoms with Crippen LogP contribution < -0.4 is 16.0 Å². The van der Waals surface area contributed by atoms with Gasteiger partial charge < -0.3 is 16.0 Å². The number of hydrogen-bond donors (Lipinski definition) is 2. The molecule has 0 saturated carbocycles. The minimum absolute atomic E-state index is 0.180. The maximum absolute atomic E-state index is 11.0. The first-order chi connectivity index (χ1) is 8.93. The minimum Gasteiger partial charge on any atom is -0.368 e. The molecule has 0 radical (unpaired) electrons. The molecule has 1 aromatic rings. The Bertz CT molecular complexity index is 435. The summed E-state index contributed by atoms with van der Waals surface area (Å²) in [6, 6.07) is 6.31. The summed E-state index contributed by atoms with van der Waals surface area (Å²) in [5, 5.41) is 3.98. The van der Waals surface area contributed by atoms with E-state index < -0.39 is 0 Å². The average molecular weight is 284 g/mol. The molecule has 3 N–H and O–H groups in total. The van der Waals surface area contributed by atoms with Gasteiger partial charge in [-0.1, -0.05) is 31.5 Å². The largest absolute Gasteiger partial charge is 0.368 e. The molecule has 0 fully saturated rings. The molecule has 0 aromatic heterocycles. The van der Waals surface area contributed by atoms with E-state index in [1.807, 2.05) is 30.0 Å². The number of amides is 1. The number of primary amides is 1. The zero-order valence-corrected chi connectivity index (χ0v) is 12.5. The Morgan fingerprint density at radius 2 is 2.16 bits per heavy atom. The molecule has 0 aliphatic heterocycles. The Kier molecular flexibility index (Phi) is 6.12. The molecule has 4 nitrogen and oxygen atoms in total. The summed E-state index contributed by atoms with van der Waals surface area (Å²) < 4.78 is 0. The van der Waals surface area contributed by atoms with Crippen LogP contribution in [0.4, 0.5) is 5.69 Å². The SMILES string of the molecule is CCN(CC(N)=O)c1ccc(CNC(C)C)cc1Cl. The van der Waals surface area contributed by atoms with Crippen LogP contribution in [0.2, 0.25) is 5.02 Å². The topological polar surface area (TPSA) is 58.4 Å². The number of carbonyl (C=O) groups is 1. The first-order valence-corrected chi connectivity index (χ1v) is 6.86. The molecule has 0 heterocycles. The van der Waals surface area contributed by atoms with E-state index in [4.69, 9.17) is 17.3 Å². The summed E-state index contributed by atoms with van der Waals surface area (Å²) in [6.07, 6.45) is 0. The van der Waals surface area contributed by atoms with Crippen LogP contribution in [0.3, 0.4) is 0 Å². The van der Waals surface area contributed by atoms with Gasteiger partial charge in [-0.15, -0.1) is 0 Å². The summed E-state index contributed by atoms with van der Waals surface area (Å²) in [5.74, 6) is -0.358. The molecule has 0 unspecified atom stereocenters. The second kappa shape index (κ2) is 7.36. The van der Waals surface area contributed by atoms with Crippen molar-refractivity contribution in [2.24, 2.45) is 5.73 Å². The number of benzene rings is 1. The minimum atomic E-state index is -0.358. The predicted octanol–water partition coefficient (Wildman–Crippen LogP) is 2.15. The maximum atomic E-state index is 11.0. The van der Waals surface area contributed by atoms with Gasteiger partial charge in [0.25, 0.3) is 0 Å². The van der Waals surface area contributed by atoms with Gasteiger partial charge in [-0.2, -0.15) is 0 Å². The third-order valence-electron chi connectivity index (χ3n) is 2.80. The molecular weight excluding hydrogens is 262 g/mol. The van der Waals surface area contributed by atoms with Crippen molar-refractivity contribution in [2.75, 3.05) is 18.0 Å². The van der Waals surface area contributed by atoms with E-state index in [1.165, 1.54) is 0 Å². The van der Waals surface area contributed by atoms with Gasteiger partial charge in [0, 0.05) is 19.1 Å². The molecule has 1 amide bonds. The number of halogens is 1. The highest BCUT2D eigenvalue weighted by Gasteiger charge is 2.11. The van der Waals surface area contributed by atoms with Crippen LogP contribution in [0.15, 0.2) is 18.2 Å². The zero-order chi connectivity index (χ0) is 14.4. The van der Waals surface area contributed by atoms with Crippen molar-refractivity contribution in [1.82, 2.24) is 5.32 Å². The first-order valence-electron chi connectivity index (χ1n) is 6.49. The summed E-state index contributed by atoms with van der Waals surface area (Å²) in [6.45, 7) is 7.81. The first kappa shape index (κ1) is 15.8. The van der Waals surface area contributed by atoms with Crippen molar-refractivity contribution in [3.05, 3.63) is 28.8 Å². The number of carbonyl (C=O) groups excluding carboxylic acids is 1. The van der Waals surface area contributed by atoms with Crippen LogP contribution in [0, 0.1) is 0 Å². The zero-order valence-electron chi connectivity index (χ0n) is 11.7. The molecule has 0 spiro atoms. The van der Waals surface area contributed by atoms with Crippen molar-refractivity contribution >= 4 is 23.2 Å². The van der Waals surface area contributed by atoms with E-state index in [0.717, 1.165) is 17.8 Å². The maximum Gasteiger partial charge on any atom is 0.236 e. The van der Waals surface area contributed by atoms with Crippen LogP contribution in [-0.4, -0.2) is 25.0 Å². The van der Waals surface area contributed by atoms with E-state index in [-0.39, 0.29) is 12.5 Å². The second-order valence-corrected chi connectivity index (χ2v) is 5.21. The molecular formula is C14H22ClN3O. The van der Waals surface area contributed by atoms with Crippen LogP contribution >= 0.6 is 11.6 Å². The Labute approximate surface area is 119 Å². The van der Waals surface area contributed by atoms with Gasteiger partial charge in [0.2, 0.25) is 5.91 Å². The smallest absolute Gasteiger partial charge is 0.236 e. The van der Waals surface area contributed by atoms with Gasteiger partial charge in [0.1, 0.15) is 0 Å². The number of nitrogens with two attached hydrogens (primary N) is 1. The molecule has 0 bridgehead atoms. The molecule has 0 atom stereocenters. The predicted molar refractivity (Wildman–Crippen MR) is 80.5 cm³/mol. The average Bonchev–Trinajstić information content (AvgIpc) is 2.33. The van der Waals surface area contributed by atoms with E-state index in [1.54, 1.807) is 0 Å². The van der Waals surface area contributed by atoms with Crippen LogP contribution in [-0.2, 0) is 11.3 Å². The monoisotopic (exact) mass is 283 g/mol. The highest BCUT2D eigenvalue weighted by Crippen LogP contribution is 2.26.